The summed E-state index contributed by atoms with van der Waals surface area (Å²) >= 11 is 0. The molecule has 1 atom stereocenters. The molecule has 0 N–H and O–H groups in total. The zero-order valence-electron chi connectivity index (χ0n) is 11.6. The molecule has 1 unspecified atom stereocenters. The van der Waals surface area contributed by atoms with Crippen LogP contribution in [0.4, 0.5) is 4.79 Å². The molecule has 0 saturated carbocycles. The van der Waals surface area contributed by atoms with Crippen molar-refractivity contribution in [2.45, 2.75) is 39.7 Å². The van der Waals surface area contributed by atoms with Crippen molar-refractivity contribution < 1.29 is 9.53 Å². The molecule has 1 saturated heterocycles. The van der Waals surface area contributed by atoms with Crippen molar-refractivity contribution >= 4 is 6.09 Å². The minimum Gasteiger partial charge on any atom is -0.443 e. The van der Waals surface area contributed by atoms with Crippen LogP contribution in [0.25, 0.3) is 0 Å². The molecule has 0 aromatic heterocycles. The molecular formula is C13H26N2O2. The van der Waals surface area contributed by atoms with E-state index in [0.29, 0.717) is 5.92 Å². The lowest BCUT2D eigenvalue weighted by Crippen LogP contribution is -2.34. The van der Waals surface area contributed by atoms with Crippen LogP contribution in [0, 0.1) is 5.92 Å². The second kappa shape index (κ2) is 6.84. The molecule has 0 radical (unpaired) electrons. The van der Waals surface area contributed by atoms with E-state index in [9.17, 15) is 4.79 Å². The van der Waals surface area contributed by atoms with Gasteiger partial charge in [0.1, 0.15) is 6.10 Å². The SMILES string of the molecule is CCCCN1CC(CN(C)CC(C)C)OC1=O. The van der Waals surface area contributed by atoms with E-state index in [4.69, 9.17) is 4.74 Å². The second-order valence-electron chi connectivity index (χ2n) is 5.42. The zero-order chi connectivity index (χ0) is 12.8. The molecule has 1 aliphatic heterocycles. The number of carbonyl (C=O) groups excluding carboxylic acids is 1. The van der Waals surface area contributed by atoms with Crippen LogP contribution in [0.15, 0.2) is 0 Å². The largest absolute Gasteiger partial charge is 0.443 e. The molecule has 1 fully saturated rings. The summed E-state index contributed by atoms with van der Waals surface area (Å²) in [5, 5.41) is 0. The number of nitrogens with zero attached hydrogens (tertiary/aromatic N) is 2. The fourth-order valence-electron chi connectivity index (χ4n) is 2.25. The lowest BCUT2D eigenvalue weighted by molar-refractivity contribution is 0.110. The van der Waals surface area contributed by atoms with E-state index in [1.165, 1.54) is 0 Å². The van der Waals surface area contributed by atoms with Crippen LogP contribution in [0.1, 0.15) is 33.6 Å². The van der Waals surface area contributed by atoms with Crippen molar-refractivity contribution in [2.24, 2.45) is 5.92 Å². The van der Waals surface area contributed by atoms with Gasteiger partial charge in [-0.15, -0.1) is 0 Å². The molecule has 0 aromatic rings. The Morgan fingerprint density at radius 1 is 1.53 bits per heavy atom. The molecule has 0 bridgehead atoms. The maximum Gasteiger partial charge on any atom is 0.410 e. The Bertz CT molecular complexity index is 244. The molecule has 1 amide bonds. The second-order valence-corrected chi connectivity index (χ2v) is 5.42. The molecule has 1 aliphatic rings. The smallest absolute Gasteiger partial charge is 0.410 e. The van der Waals surface area contributed by atoms with Gasteiger partial charge in [0.2, 0.25) is 0 Å². The number of hydrogen-bond acceptors (Lipinski definition) is 3. The van der Waals surface area contributed by atoms with Gasteiger partial charge in [0.15, 0.2) is 0 Å². The van der Waals surface area contributed by atoms with Crippen molar-refractivity contribution in [3.63, 3.8) is 0 Å². The summed E-state index contributed by atoms with van der Waals surface area (Å²) in [7, 11) is 2.09. The maximum atomic E-state index is 11.6. The van der Waals surface area contributed by atoms with Crippen LogP contribution in [0.5, 0.6) is 0 Å². The number of amides is 1. The van der Waals surface area contributed by atoms with E-state index < -0.39 is 0 Å². The van der Waals surface area contributed by atoms with Gasteiger partial charge >= 0.3 is 6.09 Å². The molecule has 0 aromatic carbocycles. The predicted octanol–water partition coefficient (Wildman–Crippen LogP) is 2.20. The Balaban J connectivity index is 2.30. The molecule has 17 heavy (non-hydrogen) atoms. The third kappa shape index (κ3) is 4.94. The van der Waals surface area contributed by atoms with E-state index in [1.807, 2.05) is 4.90 Å². The van der Waals surface area contributed by atoms with Crippen LogP contribution in [0.3, 0.4) is 0 Å². The number of unbranched alkanes of at least 4 members (excludes halogenated alkanes) is 1. The average molecular weight is 242 g/mol. The molecule has 100 valence electrons. The number of cyclic esters (lactones) is 1. The highest BCUT2D eigenvalue weighted by Crippen LogP contribution is 2.13. The van der Waals surface area contributed by atoms with Crippen molar-refractivity contribution in [3.05, 3.63) is 0 Å². The van der Waals surface area contributed by atoms with Crippen molar-refractivity contribution in [2.75, 3.05) is 33.2 Å². The highest BCUT2D eigenvalue weighted by molar-refractivity contribution is 5.69. The molecule has 1 heterocycles. The normalized spacial score (nSPS) is 20.5. The summed E-state index contributed by atoms with van der Waals surface area (Å²) in [5.41, 5.74) is 0. The van der Waals surface area contributed by atoms with Crippen LogP contribution in [0.2, 0.25) is 0 Å². The monoisotopic (exact) mass is 242 g/mol. The third-order valence-corrected chi connectivity index (χ3v) is 2.92. The minimum absolute atomic E-state index is 0.0445. The Hall–Kier alpha value is -0.770. The first-order chi connectivity index (χ1) is 8.02. The van der Waals surface area contributed by atoms with Gasteiger partial charge in [0, 0.05) is 19.6 Å². The van der Waals surface area contributed by atoms with E-state index >= 15 is 0 Å². The fraction of sp³-hybridized carbons (Fsp3) is 0.923. The van der Waals surface area contributed by atoms with E-state index in [0.717, 1.165) is 39.0 Å². The summed E-state index contributed by atoms with van der Waals surface area (Å²) in [4.78, 5) is 15.7. The van der Waals surface area contributed by atoms with Crippen molar-refractivity contribution in [1.82, 2.24) is 9.80 Å². The van der Waals surface area contributed by atoms with Gasteiger partial charge in [0.25, 0.3) is 0 Å². The maximum absolute atomic E-state index is 11.6. The van der Waals surface area contributed by atoms with Gasteiger partial charge in [0.05, 0.1) is 6.54 Å². The molecular weight excluding hydrogens is 216 g/mol. The molecule has 4 heteroatoms. The lowest BCUT2D eigenvalue weighted by atomic mass is 10.2. The summed E-state index contributed by atoms with van der Waals surface area (Å²) in [6, 6.07) is 0. The van der Waals surface area contributed by atoms with Gasteiger partial charge in [-0.1, -0.05) is 27.2 Å². The predicted molar refractivity (Wildman–Crippen MR) is 69.1 cm³/mol. The number of likely N-dealkylation sites (N-methyl/N-ethyl adjacent to an activating group) is 1. The van der Waals surface area contributed by atoms with Crippen LogP contribution in [-0.4, -0.2) is 55.2 Å². The van der Waals surface area contributed by atoms with Crippen molar-refractivity contribution in [3.8, 4) is 0 Å². The average Bonchev–Trinajstić information content (AvgIpc) is 2.54. The van der Waals surface area contributed by atoms with E-state index in [-0.39, 0.29) is 12.2 Å². The third-order valence-electron chi connectivity index (χ3n) is 2.92. The molecule has 4 nitrogen and oxygen atoms in total. The fourth-order valence-corrected chi connectivity index (χ4v) is 2.25. The number of hydrogen-bond donors (Lipinski definition) is 0. The van der Waals surface area contributed by atoms with E-state index in [2.05, 4.69) is 32.7 Å². The van der Waals surface area contributed by atoms with Gasteiger partial charge < -0.3 is 14.5 Å². The van der Waals surface area contributed by atoms with Crippen LogP contribution in [-0.2, 0) is 4.74 Å². The summed E-state index contributed by atoms with van der Waals surface area (Å²) in [6.45, 7) is 10.0. The number of ether oxygens (including phenoxy) is 1. The van der Waals surface area contributed by atoms with E-state index in [1.54, 1.807) is 0 Å². The van der Waals surface area contributed by atoms with Crippen LogP contribution < -0.4 is 0 Å². The Morgan fingerprint density at radius 2 is 2.24 bits per heavy atom. The Labute approximate surface area is 105 Å². The van der Waals surface area contributed by atoms with Crippen molar-refractivity contribution in [1.29, 1.82) is 0 Å². The zero-order valence-corrected chi connectivity index (χ0v) is 11.6. The molecule has 0 spiro atoms. The highest BCUT2D eigenvalue weighted by atomic mass is 16.6. The number of carbonyl (C=O) groups is 1. The van der Waals surface area contributed by atoms with Gasteiger partial charge in [-0.3, -0.25) is 0 Å². The van der Waals surface area contributed by atoms with Gasteiger partial charge in [-0.25, -0.2) is 4.79 Å². The Kier molecular flexibility index (Phi) is 5.75. The minimum atomic E-state index is -0.138. The standard InChI is InChI=1S/C13H26N2O2/c1-5-6-7-15-10-12(17-13(15)16)9-14(4)8-11(2)3/h11-12H,5-10H2,1-4H3. The van der Waals surface area contributed by atoms with Gasteiger partial charge in [-0.05, 0) is 19.4 Å². The number of rotatable bonds is 7. The molecule has 0 aliphatic carbocycles. The molecule has 1 rings (SSSR count). The first-order valence-electron chi connectivity index (χ1n) is 6.67. The Morgan fingerprint density at radius 3 is 2.82 bits per heavy atom. The highest BCUT2D eigenvalue weighted by Gasteiger charge is 2.31. The van der Waals surface area contributed by atoms with Crippen LogP contribution >= 0.6 is 0 Å². The topological polar surface area (TPSA) is 32.8 Å². The first kappa shape index (κ1) is 14.3. The summed E-state index contributed by atoms with van der Waals surface area (Å²) < 4.78 is 5.37. The summed E-state index contributed by atoms with van der Waals surface area (Å²) in [6.07, 6.45) is 2.08. The first-order valence-corrected chi connectivity index (χ1v) is 6.67. The van der Waals surface area contributed by atoms with Gasteiger partial charge in [-0.2, -0.15) is 0 Å². The quantitative estimate of drug-likeness (QED) is 0.686. The summed E-state index contributed by atoms with van der Waals surface area (Å²) in [5.74, 6) is 0.647. The lowest BCUT2D eigenvalue weighted by Gasteiger charge is -2.21.